The first-order chi connectivity index (χ1) is 8.11. The number of rotatable bonds is 10. The van der Waals surface area contributed by atoms with Gasteiger partial charge in [-0.05, 0) is 30.6 Å². The van der Waals surface area contributed by atoms with Crippen LogP contribution in [0.5, 0.6) is 0 Å². The highest BCUT2D eigenvalue weighted by Gasteiger charge is 2.09. The summed E-state index contributed by atoms with van der Waals surface area (Å²) in [5, 5.41) is 0. The molecule has 0 N–H and O–H groups in total. The maximum absolute atomic E-state index is 2.50. The quantitative estimate of drug-likeness (QED) is 0.313. The molecule has 0 aromatic carbocycles. The summed E-state index contributed by atoms with van der Waals surface area (Å²) in [6, 6.07) is 0. The van der Waals surface area contributed by atoms with Gasteiger partial charge in [-0.1, -0.05) is 78.9 Å². The molecule has 2 unspecified atom stereocenters. The Hall–Kier alpha value is -0.260. The fraction of sp³-hybridized carbons (Fsp3) is 0.882. The van der Waals surface area contributed by atoms with Gasteiger partial charge in [-0.25, -0.2) is 0 Å². The molecule has 0 bridgehead atoms. The Morgan fingerprint density at radius 1 is 0.765 bits per heavy atom. The number of hydrogen-bond acceptors (Lipinski definition) is 0. The predicted molar refractivity (Wildman–Crippen MR) is 80.3 cm³/mol. The van der Waals surface area contributed by atoms with Crippen LogP contribution in [0.25, 0.3) is 0 Å². The SMILES string of the molecule is CCCCCC(C)C=CC(CCCC)C(C)C. The minimum atomic E-state index is 0.768. The third kappa shape index (κ3) is 9.44. The van der Waals surface area contributed by atoms with E-state index in [0.29, 0.717) is 0 Å². The van der Waals surface area contributed by atoms with Gasteiger partial charge in [0.25, 0.3) is 0 Å². The topological polar surface area (TPSA) is 0 Å². The molecule has 102 valence electrons. The second-order valence-electron chi connectivity index (χ2n) is 5.91. The maximum atomic E-state index is 2.50. The molecule has 17 heavy (non-hydrogen) atoms. The van der Waals surface area contributed by atoms with Gasteiger partial charge in [0, 0.05) is 0 Å². The molecule has 0 radical (unpaired) electrons. The zero-order valence-electron chi connectivity index (χ0n) is 12.8. The number of unbranched alkanes of at least 4 members (excludes halogenated alkanes) is 3. The van der Waals surface area contributed by atoms with Crippen LogP contribution >= 0.6 is 0 Å². The molecule has 0 heteroatoms. The highest BCUT2D eigenvalue weighted by atomic mass is 14.1. The Balaban J connectivity index is 3.96. The van der Waals surface area contributed by atoms with Gasteiger partial charge in [0.05, 0.1) is 0 Å². The first-order valence-electron chi connectivity index (χ1n) is 7.80. The lowest BCUT2D eigenvalue weighted by molar-refractivity contribution is 0.419. The highest BCUT2D eigenvalue weighted by Crippen LogP contribution is 2.21. The summed E-state index contributed by atoms with van der Waals surface area (Å²) in [6.07, 6.45) is 14.5. The molecule has 0 heterocycles. The van der Waals surface area contributed by atoms with Crippen molar-refractivity contribution in [2.45, 2.75) is 79.6 Å². The van der Waals surface area contributed by atoms with E-state index in [9.17, 15) is 0 Å². The van der Waals surface area contributed by atoms with Crippen molar-refractivity contribution in [1.29, 1.82) is 0 Å². The van der Waals surface area contributed by atoms with Gasteiger partial charge >= 0.3 is 0 Å². The van der Waals surface area contributed by atoms with E-state index in [-0.39, 0.29) is 0 Å². The summed E-state index contributed by atoms with van der Waals surface area (Å²) in [6.45, 7) is 11.6. The zero-order valence-corrected chi connectivity index (χ0v) is 12.8. The molecule has 0 nitrogen and oxygen atoms in total. The molecule has 0 saturated carbocycles. The summed E-state index contributed by atoms with van der Waals surface area (Å²) < 4.78 is 0. The van der Waals surface area contributed by atoms with E-state index < -0.39 is 0 Å². The van der Waals surface area contributed by atoms with Crippen molar-refractivity contribution < 1.29 is 0 Å². The monoisotopic (exact) mass is 238 g/mol. The van der Waals surface area contributed by atoms with Crippen LogP contribution in [0.1, 0.15) is 79.6 Å². The molecular formula is C17H34. The smallest absolute Gasteiger partial charge is 0.0210 e. The number of allylic oxidation sites excluding steroid dienone is 2. The van der Waals surface area contributed by atoms with Gasteiger partial charge in [0.15, 0.2) is 0 Å². The molecule has 2 atom stereocenters. The number of hydrogen-bond donors (Lipinski definition) is 0. The van der Waals surface area contributed by atoms with Crippen LogP contribution in [0.4, 0.5) is 0 Å². The van der Waals surface area contributed by atoms with Crippen LogP contribution in [-0.2, 0) is 0 Å². The molecule has 0 fully saturated rings. The van der Waals surface area contributed by atoms with Crippen LogP contribution in [0.2, 0.25) is 0 Å². The first kappa shape index (κ1) is 16.7. The van der Waals surface area contributed by atoms with Crippen molar-refractivity contribution in [3.8, 4) is 0 Å². The van der Waals surface area contributed by atoms with Crippen molar-refractivity contribution in [2.75, 3.05) is 0 Å². The lowest BCUT2D eigenvalue weighted by Crippen LogP contribution is -2.06. The molecule has 0 aromatic heterocycles. The van der Waals surface area contributed by atoms with Gasteiger partial charge in [-0.15, -0.1) is 0 Å². The molecule has 0 aliphatic rings. The molecular weight excluding hydrogens is 204 g/mol. The Morgan fingerprint density at radius 2 is 1.41 bits per heavy atom. The highest BCUT2D eigenvalue weighted by molar-refractivity contribution is 4.92. The minimum Gasteiger partial charge on any atom is -0.0854 e. The molecule has 0 saturated heterocycles. The summed E-state index contributed by atoms with van der Waals surface area (Å²) in [4.78, 5) is 0. The lowest BCUT2D eigenvalue weighted by atomic mass is 9.89. The van der Waals surface area contributed by atoms with Crippen LogP contribution in [0, 0.1) is 17.8 Å². The Labute approximate surface area is 110 Å². The Morgan fingerprint density at radius 3 is 1.94 bits per heavy atom. The molecule has 0 rings (SSSR count). The van der Waals surface area contributed by atoms with Gasteiger partial charge in [0.1, 0.15) is 0 Å². The molecule has 0 aromatic rings. The molecule has 0 spiro atoms. The van der Waals surface area contributed by atoms with E-state index in [2.05, 4.69) is 46.8 Å². The molecule has 0 aliphatic heterocycles. The fourth-order valence-electron chi connectivity index (χ4n) is 2.24. The van der Waals surface area contributed by atoms with E-state index in [1.54, 1.807) is 0 Å². The third-order valence-corrected chi connectivity index (χ3v) is 3.70. The average molecular weight is 238 g/mol. The van der Waals surface area contributed by atoms with Crippen molar-refractivity contribution in [1.82, 2.24) is 0 Å². The Kier molecular flexibility index (Phi) is 10.7. The summed E-state index contributed by atoms with van der Waals surface area (Å²) in [7, 11) is 0. The first-order valence-corrected chi connectivity index (χ1v) is 7.80. The predicted octanol–water partition coefficient (Wildman–Crippen LogP) is 6.22. The second-order valence-corrected chi connectivity index (χ2v) is 5.91. The Bertz CT molecular complexity index is 178. The van der Waals surface area contributed by atoms with Crippen molar-refractivity contribution in [2.24, 2.45) is 17.8 Å². The third-order valence-electron chi connectivity index (χ3n) is 3.70. The van der Waals surface area contributed by atoms with Gasteiger partial charge < -0.3 is 0 Å². The van der Waals surface area contributed by atoms with E-state index in [0.717, 1.165) is 17.8 Å². The van der Waals surface area contributed by atoms with Crippen molar-refractivity contribution in [3.05, 3.63) is 12.2 Å². The van der Waals surface area contributed by atoms with E-state index >= 15 is 0 Å². The second kappa shape index (κ2) is 10.9. The standard InChI is InChI=1S/C17H34/c1-6-8-10-11-16(5)13-14-17(15(3)4)12-9-7-2/h13-17H,6-12H2,1-5H3. The van der Waals surface area contributed by atoms with Gasteiger partial charge in [0.2, 0.25) is 0 Å². The van der Waals surface area contributed by atoms with E-state index in [1.807, 2.05) is 0 Å². The van der Waals surface area contributed by atoms with Crippen molar-refractivity contribution >= 4 is 0 Å². The lowest BCUT2D eigenvalue weighted by Gasteiger charge is -2.17. The van der Waals surface area contributed by atoms with Gasteiger partial charge in [-0.3, -0.25) is 0 Å². The summed E-state index contributed by atoms with van der Waals surface area (Å²) >= 11 is 0. The normalized spacial score (nSPS) is 15.6. The molecule has 0 amide bonds. The van der Waals surface area contributed by atoms with Crippen LogP contribution in [0.3, 0.4) is 0 Å². The zero-order chi connectivity index (χ0) is 13.1. The largest absolute Gasteiger partial charge is 0.0854 e. The fourth-order valence-corrected chi connectivity index (χ4v) is 2.24. The summed E-state index contributed by atoms with van der Waals surface area (Å²) in [5.41, 5.74) is 0. The van der Waals surface area contributed by atoms with Gasteiger partial charge in [-0.2, -0.15) is 0 Å². The van der Waals surface area contributed by atoms with Crippen LogP contribution < -0.4 is 0 Å². The maximum Gasteiger partial charge on any atom is -0.0210 e. The van der Waals surface area contributed by atoms with Crippen LogP contribution in [-0.4, -0.2) is 0 Å². The van der Waals surface area contributed by atoms with Crippen molar-refractivity contribution in [3.63, 3.8) is 0 Å². The van der Waals surface area contributed by atoms with E-state index in [4.69, 9.17) is 0 Å². The minimum absolute atomic E-state index is 0.768. The average Bonchev–Trinajstić information content (AvgIpc) is 2.29. The van der Waals surface area contributed by atoms with E-state index in [1.165, 1.54) is 44.9 Å². The van der Waals surface area contributed by atoms with Crippen LogP contribution in [0.15, 0.2) is 12.2 Å². The summed E-state index contributed by atoms with van der Waals surface area (Å²) in [5.74, 6) is 2.36. The molecule has 0 aliphatic carbocycles.